The monoisotopic (exact) mass is 306 g/mol. The molecule has 6 heteroatoms. The van der Waals surface area contributed by atoms with Gasteiger partial charge < -0.3 is 16.0 Å². The van der Waals surface area contributed by atoms with Gasteiger partial charge in [-0.1, -0.05) is 18.2 Å². The zero-order valence-corrected chi connectivity index (χ0v) is 13.1. The number of rotatable bonds is 6. The fourth-order valence-electron chi connectivity index (χ4n) is 2.12. The standard InChI is InChI=1S/C15H22N4OS/c1-16-15(19-12-6-2-3-7-12)18-10-5-9-17-14(20)13-8-4-11-21-13/h2-4,8,11-12H,5-7,9-10H2,1H3,(H,17,20)(H2,16,18,19). The minimum Gasteiger partial charge on any atom is -0.356 e. The van der Waals surface area contributed by atoms with Crippen molar-refractivity contribution in [2.24, 2.45) is 4.99 Å². The molecule has 1 aromatic heterocycles. The summed E-state index contributed by atoms with van der Waals surface area (Å²) in [7, 11) is 1.77. The first-order valence-electron chi connectivity index (χ1n) is 7.23. The van der Waals surface area contributed by atoms with Crippen molar-refractivity contribution in [3.8, 4) is 0 Å². The van der Waals surface area contributed by atoms with Crippen molar-refractivity contribution in [3.05, 3.63) is 34.5 Å². The van der Waals surface area contributed by atoms with Crippen LogP contribution in [0.3, 0.4) is 0 Å². The van der Waals surface area contributed by atoms with E-state index in [0.717, 1.165) is 36.6 Å². The van der Waals surface area contributed by atoms with E-state index in [1.807, 2.05) is 17.5 Å². The van der Waals surface area contributed by atoms with Crippen LogP contribution in [0.4, 0.5) is 0 Å². The summed E-state index contributed by atoms with van der Waals surface area (Å²) in [4.78, 5) is 16.7. The minimum absolute atomic E-state index is 0.00420. The fourth-order valence-corrected chi connectivity index (χ4v) is 2.76. The molecular weight excluding hydrogens is 284 g/mol. The Bertz CT molecular complexity index is 488. The van der Waals surface area contributed by atoms with Gasteiger partial charge in [-0.25, -0.2) is 0 Å². The summed E-state index contributed by atoms with van der Waals surface area (Å²) in [5, 5.41) is 11.5. The molecule has 0 radical (unpaired) electrons. The van der Waals surface area contributed by atoms with Gasteiger partial charge in [0, 0.05) is 26.2 Å². The number of nitrogens with one attached hydrogen (secondary N) is 3. The molecule has 0 aromatic carbocycles. The third-order valence-electron chi connectivity index (χ3n) is 3.25. The Morgan fingerprint density at radius 2 is 2.10 bits per heavy atom. The van der Waals surface area contributed by atoms with E-state index in [2.05, 4.69) is 33.1 Å². The van der Waals surface area contributed by atoms with Gasteiger partial charge in [0.25, 0.3) is 5.91 Å². The summed E-state index contributed by atoms with van der Waals surface area (Å²) in [6.07, 6.45) is 7.34. The van der Waals surface area contributed by atoms with Gasteiger partial charge in [0.2, 0.25) is 0 Å². The maximum Gasteiger partial charge on any atom is 0.261 e. The maximum atomic E-state index is 11.7. The van der Waals surface area contributed by atoms with Crippen molar-refractivity contribution < 1.29 is 4.79 Å². The summed E-state index contributed by atoms with van der Waals surface area (Å²) in [6.45, 7) is 1.44. The van der Waals surface area contributed by atoms with Crippen LogP contribution in [0.25, 0.3) is 0 Å². The predicted octanol–water partition coefficient (Wildman–Crippen LogP) is 1.75. The van der Waals surface area contributed by atoms with Crippen LogP contribution in [-0.2, 0) is 0 Å². The predicted molar refractivity (Wildman–Crippen MR) is 87.9 cm³/mol. The summed E-state index contributed by atoms with van der Waals surface area (Å²) in [5.41, 5.74) is 0. The number of hydrogen-bond donors (Lipinski definition) is 3. The molecule has 0 bridgehead atoms. The quantitative estimate of drug-likeness (QED) is 0.325. The zero-order valence-electron chi connectivity index (χ0n) is 12.3. The molecule has 0 spiro atoms. The normalized spacial score (nSPS) is 15.2. The van der Waals surface area contributed by atoms with Crippen LogP contribution in [0.1, 0.15) is 28.9 Å². The lowest BCUT2D eigenvalue weighted by atomic mass is 10.2. The van der Waals surface area contributed by atoms with Crippen molar-refractivity contribution in [3.63, 3.8) is 0 Å². The van der Waals surface area contributed by atoms with Crippen LogP contribution < -0.4 is 16.0 Å². The maximum absolute atomic E-state index is 11.7. The third kappa shape index (κ3) is 5.23. The van der Waals surface area contributed by atoms with E-state index < -0.39 is 0 Å². The van der Waals surface area contributed by atoms with E-state index in [1.54, 1.807) is 7.05 Å². The molecule has 5 nitrogen and oxygen atoms in total. The van der Waals surface area contributed by atoms with Gasteiger partial charge in [0.15, 0.2) is 5.96 Å². The molecule has 1 amide bonds. The number of amides is 1. The highest BCUT2D eigenvalue weighted by Gasteiger charge is 2.11. The Kier molecular flexibility index (Phi) is 6.27. The molecule has 0 aliphatic heterocycles. The Balaban J connectivity index is 1.57. The average molecular weight is 306 g/mol. The SMILES string of the molecule is CN=C(NCCCNC(=O)c1cccs1)NC1CC=CC1. The van der Waals surface area contributed by atoms with E-state index in [9.17, 15) is 4.79 Å². The topological polar surface area (TPSA) is 65.5 Å². The number of carbonyl (C=O) groups is 1. The lowest BCUT2D eigenvalue weighted by Gasteiger charge is -2.16. The molecule has 0 saturated carbocycles. The Morgan fingerprint density at radius 1 is 1.33 bits per heavy atom. The Morgan fingerprint density at radius 3 is 2.76 bits per heavy atom. The summed E-state index contributed by atoms with van der Waals surface area (Å²) >= 11 is 1.46. The van der Waals surface area contributed by atoms with Gasteiger partial charge in [-0.05, 0) is 30.7 Å². The number of aliphatic imine (C=N–C) groups is 1. The van der Waals surface area contributed by atoms with Crippen molar-refractivity contribution in [1.82, 2.24) is 16.0 Å². The second kappa shape index (κ2) is 8.46. The van der Waals surface area contributed by atoms with E-state index >= 15 is 0 Å². The molecule has 21 heavy (non-hydrogen) atoms. The lowest BCUT2D eigenvalue weighted by molar-refractivity contribution is 0.0957. The van der Waals surface area contributed by atoms with Crippen molar-refractivity contribution >= 4 is 23.2 Å². The molecule has 0 atom stereocenters. The van der Waals surface area contributed by atoms with Crippen LogP contribution in [0, 0.1) is 0 Å². The van der Waals surface area contributed by atoms with Crippen LogP contribution in [0.15, 0.2) is 34.7 Å². The number of hydrogen-bond acceptors (Lipinski definition) is 3. The highest BCUT2D eigenvalue weighted by atomic mass is 32.1. The number of nitrogens with zero attached hydrogens (tertiary/aromatic N) is 1. The first-order chi connectivity index (χ1) is 10.3. The van der Waals surface area contributed by atoms with Gasteiger partial charge in [0.05, 0.1) is 4.88 Å². The van der Waals surface area contributed by atoms with Crippen molar-refractivity contribution in [2.45, 2.75) is 25.3 Å². The molecule has 1 aromatic rings. The number of carbonyl (C=O) groups excluding carboxylic acids is 1. The molecule has 1 aliphatic rings. The summed E-state index contributed by atoms with van der Waals surface area (Å²) in [6, 6.07) is 4.17. The molecule has 0 fully saturated rings. The van der Waals surface area contributed by atoms with Crippen molar-refractivity contribution in [2.75, 3.05) is 20.1 Å². The lowest BCUT2D eigenvalue weighted by Crippen LogP contribution is -2.43. The molecule has 0 saturated heterocycles. The third-order valence-corrected chi connectivity index (χ3v) is 4.12. The molecule has 1 heterocycles. The molecule has 2 rings (SSSR count). The molecule has 114 valence electrons. The highest BCUT2D eigenvalue weighted by Crippen LogP contribution is 2.08. The molecule has 1 aliphatic carbocycles. The number of guanidine groups is 1. The Hall–Kier alpha value is -1.82. The van der Waals surface area contributed by atoms with Gasteiger partial charge in [-0.2, -0.15) is 0 Å². The van der Waals surface area contributed by atoms with Gasteiger partial charge in [-0.3, -0.25) is 9.79 Å². The largest absolute Gasteiger partial charge is 0.356 e. The summed E-state index contributed by atoms with van der Waals surface area (Å²) < 4.78 is 0. The van der Waals surface area contributed by atoms with E-state index in [-0.39, 0.29) is 5.91 Å². The molecule has 3 N–H and O–H groups in total. The highest BCUT2D eigenvalue weighted by molar-refractivity contribution is 7.12. The van der Waals surface area contributed by atoms with E-state index in [1.165, 1.54) is 11.3 Å². The fraction of sp³-hybridized carbons (Fsp3) is 0.467. The van der Waals surface area contributed by atoms with Gasteiger partial charge >= 0.3 is 0 Å². The Labute approximate surface area is 129 Å². The van der Waals surface area contributed by atoms with E-state index in [4.69, 9.17) is 0 Å². The molecule has 0 unspecified atom stereocenters. The van der Waals surface area contributed by atoms with E-state index in [0.29, 0.717) is 12.6 Å². The smallest absolute Gasteiger partial charge is 0.261 e. The van der Waals surface area contributed by atoms with Crippen LogP contribution in [-0.4, -0.2) is 38.0 Å². The average Bonchev–Trinajstić information content (AvgIpc) is 3.18. The van der Waals surface area contributed by atoms with Gasteiger partial charge in [0.1, 0.15) is 0 Å². The van der Waals surface area contributed by atoms with Crippen molar-refractivity contribution in [1.29, 1.82) is 0 Å². The molecular formula is C15H22N4OS. The second-order valence-corrected chi connectivity index (χ2v) is 5.82. The van der Waals surface area contributed by atoms with Gasteiger partial charge in [-0.15, -0.1) is 11.3 Å². The second-order valence-electron chi connectivity index (χ2n) is 4.87. The first kappa shape index (κ1) is 15.6. The van der Waals surface area contributed by atoms with Crippen LogP contribution in [0.2, 0.25) is 0 Å². The first-order valence-corrected chi connectivity index (χ1v) is 8.11. The van der Waals surface area contributed by atoms with Crippen LogP contribution in [0.5, 0.6) is 0 Å². The zero-order chi connectivity index (χ0) is 14.9. The summed E-state index contributed by atoms with van der Waals surface area (Å²) in [5.74, 6) is 0.831. The van der Waals surface area contributed by atoms with Crippen LogP contribution >= 0.6 is 11.3 Å². The number of thiophene rings is 1. The minimum atomic E-state index is 0.00420.